The van der Waals surface area contributed by atoms with Crippen LogP contribution < -0.4 is 26.0 Å². The highest BCUT2D eigenvalue weighted by atomic mass is 32.2. The van der Waals surface area contributed by atoms with Gasteiger partial charge in [-0.25, -0.2) is 31.1 Å². The lowest BCUT2D eigenvalue weighted by Gasteiger charge is -2.16. The second-order valence-electron chi connectivity index (χ2n) is 8.89. The first-order chi connectivity index (χ1) is 20.8. The summed E-state index contributed by atoms with van der Waals surface area (Å²) in [6.45, 7) is 1.74. The molecule has 0 bridgehead atoms. The van der Waals surface area contributed by atoms with Gasteiger partial charge in [0, 0.05) is 17.7 Å². The molecule has 2 heterocycles. The fourth-order valence-electron chi connectivity index (χ4n) is 3.77. The Kier molecular flexibility index (Phi) is 9.30. The van der Waals surface area contributed by atoms with Crippen molar-refractivity contribution in [1.29, 1.82) is 0 Å². The van der Waals surface area contributed by atoms with Crippen LogP contribution in [0, 0.1) is 0 Å². The van der Waals surface area contributed by atoms with E-state index in [1.807, 2.05) is 21.3 Å². The highest BCUT2D eigenvalue weighted by molar-refractivity contribution is 7.89. The minimum Gasteiger partial charge on any atom is -0.275 e. The summed E-state index contributed by atoms with van der Waals surface area (Å²) in [6, 6.07) is 1.50. The number of benzene rings is 2. The number of imide groups is 4. The van der Waals surface area contributed by atoms with E-state index >= 15 is 0 Å². The van der Waals surface area contributed by atoms with Crippen LogP contribution in [-0.2, 0) is 39.9 Å². The quantitative estimate of drug-likeness (QED) is 0.111. The molecule has 19 nitrogen and oxygen atoms in total. The first-order valence-corrected chi connectivity index (χ1v) is 15.0. The van der Waals surface area contributed by atoms with Crippen LogP contribution in [0.2, 0.25) is 0 Å². The Labute approximate surface area is 249 Å². The molecule has 0 spiro atoms. The third-order valence-corrected chi connectivity index (χ3v) is 8.05. The van der Waals surface area contributed by atoms with E-state index in [1.165, 1.54) is 24.3 Å². The van der Waals surface area contributed by atoms with Crippen LogP contribution in [-0.4, -0.2) is 71.2 Å². The molecule has 230 valence electrons. The molecule has 8 amide bonds. The summed E-state index contributed by atoms with van der Waals surface area (Å²) >= 11 is 0. The summed E-state index contributed by atoms with van der Waals surface area (Å²) in [5.74, 6) is -4.18. The Hall–Kier alpha value is -5.28. The summed E-state index contributed by atoms with van der Waals surface area (Å²) in [7, 11) is -7.68. The fraction of sp³-hybridized carbons (Fsp3) is 0.217. The molecule has 0 saturated carbocycles. The molecule has 0 atom stereocenters. The molecule has 0 aliphatic carbocycles. The van der Waals surface area contributed by atoms with Crippen molar-refractivity contribution in [2.45, 2.75) is 35.2 Å². The number of urea groups is 2. The van der Waals surface area contributed by atoms with Gasteiger partial charge in [0.2, 0.25) is 22.1 Å². The zero-order valence-corrected chi connectivity index (χ0v) is 24.0. The number of thiol groups is 1. The van der Waals surface area contributed by atoms with E-state index in [0.717, 1.165) is 12.1 Å². The maximum Gasteiger partial charge on any atom is 0.328 e. The molecule has 2 saturated heterocycles. The van der Waals surface area contributed by atoms with Gasteiger partial charge in [0.1, 0.15) is 0 Å². The number of amides is 8. The molecule has 5 N–H and O–H groups in total. The Morgan fingerprint density at radius 1 is 0.727 bits per heavy atom. The van der Waals surface area contributed by atoms with Gasteiger partial charge in [-0.1, -0.05) is 19.1 Å². The van der Waals surface area contributed by atoms with Gasteiger partial charge in [0.15, 0.2) is 10.7 Å². The number of carbonyl (C=O) groups is 6. The molecule has 21 heteroatoms. The third-order valence-electron chi connectivity index (χ3n) is 5.78. The van der Waals surface area contributed by atoms with E-state index in [1.54, 1.807) is 6.92 Å². The molecular weight excluding hydrogens is 626 g/mol. The van der Waals surface area contributed by atoms with Crippen molar-refractivity contribution < 1.29 is 45.6 Å². The molecule has 2 aliphatic rings. The summed E-state index contributed by atoms with van der Waals surface area (Å²) in [5, 5.41) is 22.0. The van der Waals surface area contributed by atoms with Crippen molar-refractivity contribution >= 4 is 67.8 Å². The monoisotopic (exact) mass is 647 g/mol. The molecule has 2 aromatic carbocycles. The van der Waals surface area contributed by atoms with Crippen LogP contribution in [0.3, 0.4) is 0 Å². The van der Waals surface area contributed by atoms with Crippen LogP contribution in [0.25, 0.3) is 11.1 Å². The summed E-state index contributed by atoms with van der Waals surface area (Å²) in [5.41, 5.74) is -0.428. The van der Waals surface area contributed by atoms with Gasteiger partial charge in [-0.2, -0.15) is 20.5 Å². The molecule has 0 aromatic heterocycles. The first-order valence-electron chi connectivity index (χ1n) is 12.4. The van der Waals surface area contributed by atoms with E-state index in [-0.39, 0.29) is 29.0 Å². The molecule has 2 aromatic rings. The van der Waals surface area contributed by atoms with Crippen molar-refractivity contribution in [1.82, 2.24) is 26.0 Å². The van der Waals surface area contributed by atoms with E-state index in [0.29, 0.717) is 6.42 Å². The van der Waals surface area contributed by atoms with Crippen LogP contribution in [0.5, 0.6) is 0 Å². The standard InChI is InChI=1S/C23H21N9O10S2/c1-2-7-24-44(41,42)15-9-11(30-32-17-20(35)27-23(38)28-21(17)36)4-6-13(15)12-5-3-10(8-14(12)43(39)40)29-31-16-18(33)25-22(37)26-19(16)34/h3-6,8-9,16-17,24,43H,2,7H2,1H3,(H2,25,26,33,34,37)(H2,27,28,35,36,38). The lowest BCUT2D eigenvalue weighted by atomic mass is 10.0. The van der Waals surface area contributed by atoms with Crippen LogP contribution in [0.1, 0.15) is 13.3 Å². The van der Waals surface area contributed by atoms with Gasteiger partial charge < -0.3 is 0 Å². The lowest BCUT2D eigenvalue weighted by molar-refractivity contribution is -0.133. The predicted octanol–water partition coefficient (Wildman–Crippen LogP) is -0.351. The maximum absolute atomic E-state index is 13.3. The summed E-state index contributed by atoms with van der Waals surface area (Å²) in [4.78, 5) is 69.3. The number of hydrogen-bond acceptors (Lipinski definition) is 14. The minimum absolute atomic E-state index is 0.0277. The van der Waals surface area contributed by atoms with Crippen molar-refractivity contribution in [3.8, 4) is 11.1 Å². The van der Waals surface area contributed by atoms with Gasteiger partial charge in [0.05, 0.1) is 21.2 Å². The number of hydrogen-bond donors (Lipinski definition) is 6. The van der Waals surface area contributed by atoms with Gasteiger partial charge >= 0.3 is 12.1 Å². The van der Waals surface area contributed by atoms with E-state index in [2.05, 4.69) is 25.2 Å². The number of nitrogens with zero attached hydrogens (tertiary/aromatic N) is 4. The van der Waals surface area contributed by atoms with E-state index < -0.39 is 78.3 Å². The lowest BCUT2D eigenvalue weighted by Crippen LogP contribution is -2.57. The Morgan fingerprint density at radius 2 is 1.18 bits per heavy atom. The highest BCUT2D eigenvalue weighted by Gasteiger charge is 2.35. The van der Waals surface area contributed by atoms with E-state index in [9.17, 15) is 45.6 Å². The predicted molar refractivity (Wildman–Crippen MR) is 146 cm³/mol. The third kappa shape index (κ3) is 7.02. The number of nitrogens with one attached hydrogen (secondary N) is 5. The largest absolute Gasteiger partial charge is 0.328 e. The second-order valence-corrected chi connectivity index (χ2v) is 11.6. The number of azo groups is 2. The van der Waals surface area contributed by atoms with Gasteiger partial charge in [-0.05, 0) is 30.7 Å². The molecule has 4 rings (SSSR count). The topological polar surface area (TPSA) is 280 Å². The second kappa shape index (κ2) is 12.9. The maximum atomic E-state index is 13.3. The minimum atomic E-state index is -4.30. The average Bonchev–Trinajstić information content (AvgIpc) is 2.95. The van der Waals surface area contributed by atoms with Gasteiger partial charge in [-0.3, -0.25) is 40.4 Å². The van der Waals surface area contributed by atoms with Crippen molar-refractivity contribution in [3.63, 3.8) is 0 Å². The molecule has 0 radical (unpaired) electrons. The normalized spacial score (nSPS) is 16.9. The Bertz CT molecular complexity index is 1810. The smallest absolute Gasteiger partial charge is 0.275 e. The Morgan fingerprint density at radius 3 is 1.64 bits per heavy atom. The molecular formula is C23H21N9O10S2. The van der Waals surface area contributed by atoms with Crippen LogP contribution in [0.4, 0.5) is 21.0 Å². The van der Waals surface area contributed by atoms with Crippen molar-refractivity contribution in [2.24, 2.45) is 20.5 Å². The van der Waals surface area contributed by atoms with Crippen molar-refractivity contribution in [3.05, 3.63) is 36.4 Å². The number of rotatable bonds is 10. The van der Waals surface area contributed by atoms with Gasteiger partial charge in [0.25, 0.3) is 23.6 Å². The van der Waals surface area contributed by atoms with Crippen molar-refractivity contribution in [2.75, 3.05) is 6.54 Å². The Balaban J connectivity index is 1.75. The molecule has 44 heavy (non-hydrogen) atoms. The van der Waals surface area contributed by atoms with E-state index in [4.69, 9.17) is 0 Å². The SMILES string of the molecule is CCCNS(=O)(=O)c1cc(N=NC2C(=O)NC(=O)NC2=O)ccc1-c1ccc(N=NC2C(=O)NC(=O)NC2=O)cc1[SH](=O)=O. The first kappa shape index (κ1) is 31.7. The van der Waals surface area contributed by atoms with Crippen LogP contribution in [0.15, 0.2) is 66.6 Å². The molecule has 2 fully saturated rings. The summed E-state index contributed by atoms with van der Waals surface area (Å²) < 4.78 is 53.4. The van der Waals surface area contributed by atoms with Crippen LogP contribution >= 0.6 is 0 Å². The number of carbonyl (C=O) groups excluding carboxylic acids is 6. The number of barbiturate groups is 2. The number of sulfonamides is 1. The zero-order valence-electron chi connectivity index (χ0n) is 22.3. The van der Waals surface area contributed by atoms with Gasteiger partial charge in [-0.15, -0.1) is 0 Å². The molecule has 0 unspecified atom stereocenters. The highest BCUT2D eigenvalue weighted by Crippen LogP contribution is 2.35. The molecule has 2 aliphatic heterocycles. The average molecular weight is 648 g/mol. The fourth-order valence-corrected chi connectivity index (χ4v) is 5.77. The summed E-state index contributed by atoms with van der Waals surface area (Å²) in [6.07, 6.45) is 0.418. The zero-order chi connectivity index (χ0) is 32.2.